The van der Waals surface area contributed by atoms with Crippen LogP contribution >= 0.6 is 0 Å². The summed E-state index contributed by atoms with van der Waals surface area (Å²) in [5.41, 5.74) is 9.26. The molecule has 7 nitrogen and oxygen atoms in total. The van der Waals surface area contributed by atoms with Gasteiger partial charge in [0.1, 0.15) is 5.82 Å². The van der Waals surface area contributed by atoms with E-state index in [0.717, 1.165) is 33.5 Å². The number of hydrogen-bond donors (Lipinski definition) is 2. The normalized spacial score (nSPS) is 15.5. The second kappa shape index (κ2) is 9.21. The zero-order valence-electron chi connectivity index (χ0n) is 17.7. The summed E-state index contributed by atoms with van der Waals surface area (Å²) in [7, 11) is -3.31. The molecule has 2 heterocycles. The Labute approximate surface area is 183 Å². The van der Waals surface area contributed by atoms with Crippen molar-refractivity contribution in [2.75, 3.05) is 48.8 Å². The number of nitrogens with one attached hydrogen (secondary N) is 1. The molecule has 0 radical (unpaired) electrons. The van der Waals surface area contributed by atoms with Gasteiger partial charge in [0.2, 0.25) is 0 Å². The Morgan fingerprint density at radius 2 is 2.00 bits per heavy atom. The first-order valence-corrected chi connectivity index (χ1v) is 12.1. The lowest BCUT2D eigenvalue weighted by Gasteiger charge is -2.23. The van der Waals surface area contributed by atoms with Crippen LogP contribution in [0.25, 0.3) is 10.9 Å². The molecule has 0 atom stereocenters. The SMILES string of the molecule is Cc1ccc2nc(N3CCS(=O)(=O)c4ccccc4C3)cc(NCCOCCN)c2c1. The Hall–Kier alpha value is -2.68. The Morgan fingerprint density at radius 3 is 2.84 bits per heavy atom. The molecule has 0 saturated heterocycles. The standard InChI is InChI=1S/C23H28N4O3S/c1-17-6-7-20-19(14-17)21(25-9-12-30-11-8-24)15-23(26-20)27-10-13-31(28,29)22-5-3-2-4-18(22)16-27/h2-7,14-15H,8-13,16,24H2,1H3,(H,25,26). The van der Waals surface area contributed by atoms with Crippen molar-refractivity contribution in [3.8, 4) is 0 Å². The van der Waals surface area contributed by atoms with Crippen LogP contribution in [0.4, 0.5) is 11.5 Å². The van der Waals surface area contributed by atoms with E-state index in [1.807, 2.05) is 35.2 Å². The number of anilines is 2. The number of aromatic nitrogens is 1. The van der Waals surface area contributed by atoms with Crippen LogP contribution in [-0.4, -0.2) is 52.0 Å². The van der Waals surface area contributed by atoms with Crippen LogP contribution in [0.5, 0.6) is 0 Å². The molecule has 0 bridgehead atoms. The average Bonchev–Trinajstić information content (AvgIpc) is 2.90. The van der Waals surface area contributed by atoms with Gasteiger partial charge in [-0.25, -0.2) is 13.4 Å². The van der Waals surface area contributed by atoms with Gasteiger partial charge >= 0.3 is 0 Å². The maximum atomic E-state index is 12.7. The fraction of sp³-hybridized carbons (Fsp3) is 0.348. The lowest BCUT2D eigenvalue weighted by Crippen LogP contribution is -2.26. The number of ether oxygens (including phenoxy) is 1. The number of fused-ring (bicyclic) bond motifs is 2. The Kier molecular flexibility index (Phi) is 6.41. The lowest BCUT2D eigenvalue weighted by atomic mass is 10.1. The predicted octanol–water partition coefficient (Wildman–Crippen LogP) is 2.72. The van der Waals surface area contributed by atoms with Gasteiger partial charge in [-0.05, 0) is 30.7 Å². The largest absolute Gasteiger partial charge is 0.382 e. The highest BCUT2D eigenvalue weighted by atomic mass is 32.2. The van der Waals surface area contributed by atoms with Crippen LogP contribution in [0, 0.1) is 6.92 Å². The number of nitrogens with two attached hydrogens (primary N) is 1. The third kappa shape index (κ3) is 4.81. The molecule has 0 spiro atoms. The Balaban J connectivity index is 1.68. The van der Waals surface area contributed by atoms with Crippen molar-refractivity contribution in [2.24, 2.45) is 5.73 Å². The fourth-order valence-corrected chi connectivity index (χ4v) is 5.33. The van der Waals surface area contributed by atoms with Crippen LogP contribution in [0.15, 0.2) is 53.4 Å². The van der Waals surface area contributed by atoms with Gasteiger partial charge in [0.25, 0.3) is 0 Å². The number of sulfone groups is 1. The molecule has 0 aliphatic carbocycles. The Bertz CT molecular complexity index is 1180. The zero-order valence-corrected chi connectivity index (χ0v) is 18.5. The second-order valence-corrected chi connectivity index (χ2v) is 9.80. The van der Waals surface area contributed by atoms with Crippen LogP contribution in [0.2, 0.25) is 0 Å². The molecule has 3 N–H and O–H groups in total. The van der Waals surface area contributed by atoms with E-state index in [-0.39, 0.29) is 5.75 Å². The summed E-state index contributed by atoms with van der Waals surface area (Å²) < 4.78 is 30.9. The first-order valence-electron chi connectivity index (χ1n) is 10.5. The minimum absolute atomic E-state index is 0.0628. The first kappa shape index (κ1) is 21.5. The van der Waals surface area contributed by atoms with Gasteiger partial charge < -0.3 is 20.7 Å². The van der Waals surface area contributed by atoms with Crippen molar-refractivity contribution in [1.29, 1.82) is 0 Å². The van der Waals surface area contributed by atoms with Crippen molar-refractivity contribution in [2.45, 2.75) is 18.4 Å². The molecule has 8 heteroatoms. The van der Waals surface area contributed by atoms with E-state index in [1.165, 1.54) is 0 Å². The number of benzene rings is 2. The summed E-state index contributed by atoms with van der Waals surface area (Å²) in [6.07, 6.45) is 0. The molecule has 1 aromatic heterocycles. The quantitative estimate of drug-likeness (QED) is 0.545. The maximum absolute atomic E-state index is 12.7. The summed E-state index contributed by atoms with van der Waals surface area (Å²) in [5, 5.41) is 4.49. The van der Waals surface area contributed by atoms with Gasteiger partial charge in [-0.2, -0.15) is 0 Å². The van der Waals surface area contributed by atoms with Crippen LogP contribution in [0.3, 0.4) is 0 Å². The highest BCUT2D eigenvalue weighted by molar-refractivity contribution is 7.91. The van der Waals surface area contributed by atoms with Crippen molar-refractivity contribution < 1.29 is 13.2 Å². The molecule has 164 valence electrons. The number of aryl methyl sites for hydroxylation is 1. The molecule has 0 saturated carbocycles. The van der Waals surface area contributed by atoms with Crippen molar-refractivity contribution in [1.82, 2.24) is 4.98 Å². The average molecular weight is 441 g/mol. The van der Waals surface area contributed by atoms with Gasteiger partial charge in [0, 0.05) is 43.3 Å². The monoisotopic (exact) mass is 440 g/mol. The molecule has 0 unspecified atom stereocenters. The van der Waals surface area contributed by atoms with Gasteiger partial charge in [0.15, 0.2) is 9.84 Å². The molecule has 0 amide bonds. The van der Waals surface area contributed by atoms with E-state index in [0.29, 0.717) is 44.3 Å². The first-order chi connectivity index (χ1) is 15.0. The molecule has 1 aliphatic rings. The third-order valence-electron chi connectivity index (χ3n) is 5.40. The summed E-state index contributed by atoms with van der Waals surface area (Å²) >= 11 is 0. The Morgan fingerprint density at radius 1 is 1.16 bits per heavy atom. The van der Waals surface area contributed by atoms with Gasteiger partial charge in [0.05, 0.1) is 29.4 Å². The summed E-state index contributed by atoms with van der Waals surface area (Å²) in [5.74, 6) is 0.821. The van der Waals surface area contributed by atoms with E-state index in [1.54, 1.807) is 12.1 Å². The summed E-state index contributed by atoms with van der Waals surface area (Å²) in [6.45, 7) is 5.17. The molecule has 2 aromatic carbocycles. The maximum Gasteiger partial charge on any atom is 0.180 e. The summed E-state index contributed by atoms with van der Waals surface area (Å²) in [6, 6.07) is 15.4. The minimum Gasteiger partial charge on any atom is -0.382 e. The second-order valence-electron chi connectivity index (χ2n) is 7.72. The van der Waals surface area contributed by atoms with Crippen molar-refractivity contribution >= 4 is 32.2 Å². The van der Waals surface area contributed by atoms with E-state index in [2.05, 4.69) is 18.3 Å². The van der Waals surface area contributed by atoms with E-state index in [4.69, 9.17) is 15.5 Å². The molecule has 31 heavy (non-hydrogen) atoms. The van der Waals surface area contributed by atoms with Crippen molar-refractivity contribution in [3.05, 3.63) is 59.7 Å². The van der Waals surface area contributed by atoms with Gasteiger partial charge in [-0.15, -0.1) is 0 Å². The van der Waals surface area contributed by atoms with Crippen LogP contribution in [-0.2, 0) is 21.1 Å². The topological polar surface area (TPSA) is 97.5 Å². The molecule has 4 rings (SSSR count). The van der Waals surface area contributed by atoms with Gasteiger partial charge in [-0.3, -0.25) is 0 Å². The molecule has 3 aromatic rings. The molecular formula is C23H28N4O3S. The number of nitrogens with zero attached hydrogens (tertiary/aromatic N) is 2. The fourth-order valence-electron chi connectivity index (χ4n) is 3.84. The van der Waals surface area contributed by atoms with Crippen LogP contribution < -0.4 is 16.0 Å². The summed E-state index contributed by atoms with van der Waals surface area (Å²) in [4.78, 5) is 7.33. The number of rotatable bonds is 7. The molecular weight excluding hydrogens is 412 g/mol. The lowest BCUT2D eigenvalue weighted by molar-refractivity contribution is 0.151. The van der Waals surface area contributed by atoms with E-state index >= 15 is 0 Å². The van der Waals surface area contributed by atoms with E-state index < -0.39 is 9.84 Å². The number of pyridine rings is 1. The smallest absolute Gasteiger partial charge is 0.180 e. The van der Waals surface area contributed by atoms with E-state index in [9.17, 15) is 8.42 Å². The number of hydrogen-bond acceptors (Lipinski definition) is 7. The van der Waals surface area contributed by atoms with Gasteiger partial charge in [-0.1, -0.05) is 29.8 Å². The minimum atomic E-state index is -3.31. The molecule has 0 fully saturated rings. The highest BCUT2D eigenvalue weighted by Gasteiger charge is 2.26. The van der Waals surface area contributed by atoms with Crippen LogP contribution in [0.1, 0.15) is 11.1 Å². The highest BCUT2D eigenvalue weighted by Crippen LogP contribution is 2.31. The predicted molar refractivity (Wildman–Crippen MR) is 124 cm³/mol. The third-order valence-corrected chi connectivity index (χ3v) is 7.19. The zero-order chi connectivity index (χ0) is 21.8. The molecule has 1 aliphatic heterocycles. The van der Waals surface area contributed by atoms with Crippen molar-refractivity contribution in [3.63, 3.8) is 0 Å².